The van der Waals surface area contributed by atoms with E-state index in [0.717, 1.165) is 47.2 Å². The summed E-state index contributed by atoms with van der Waals surface area (Å²) in [4.78, 5) is 32.4. The van der Waals surface area contributed by atoms with Gasteiger partial charge in [0.05, 0.1) is 13.4 Å². The number of rotatable bonds is 8. The SMILES string of the molecule is CCCCCC1OC(=C=O)C(C(=O)NOC)=C1c1cc2cc(-c3ccco3)ccc2[nH]1. The number of ether oxygens (including phenoxy) is 1. The summed E-state index contributed by atoms with van der Waals surface area (Å²) in [6.07, 6.45) is 4.91. The minimum Gasteiger partial charge on any atom is -0.474 e. The van der Waals surface area contributed by atoms with Gasteiger partial charge in [0, 0.05) is 27.7 Å². The van der Waals surface area contributed by atoms with E-state index in [4.69, 9.17) is 14.0 Å². The second-order valence-corrected chi connectivity index (χ2v) is 7.42. The van der Waals surface area contributed by atoms with Gasteiger partial charge in [0.25, 0.3) is 5.91 Å². The van der Waals surface area contributed by atoms with Crippen LogP contribution in [0, 0.1) is 0 Å². The number of carbonyl (C=O) groups excluding carboxylic acids is 2. The molecule has 0 saturated carbocycles. The number of hydrogen-bond acceptors (Lipinski definition) is 5. The first kappa shape index (κ1) is 20.7. The van der Waals surface area contributed by atoms with E-state index in [1.165, 1.54) is 7.11 Å². The molecule has 1 aliphatic heterocycles. The second-order valence-electron chi connectivity index (χ2n) is 7.42. The van der Waals surface area contributed by atoms with Crippen LogP contribution in [0.5, 0.6) is 0 Å². The molecule has 160 valence electrons. The highest BCUT2D eigenvalue weighted by atomic mass is 16.6. The van der Waals surface area contributed by atoms with Gasteiger partial charge in [-0.3, -0.25) is 9.63 Å². The smallest absolute Gasteiger partial charge is 0.279 e. The number of H-pyrrole nitrogens is 1. The number of unbranched alkanes of at least 4 members (excludes halogenated alkanes) is 2. The molecule has 0 bridgehead atoms. The second kappa shape index (κ2) is 9.08. The lowest BCUT2D eigenvalue weighted by atomic mass is 9.97. The number of carbonyl (C=O) groups is 1. The highest BCUT2D eigenvalue weighted by Crippen LogP contribution is 2.39. The van der Waals surface area contributed by atoms with Crippen molar-refractivity contribution in [3.63, 3.8) is 0 Å². The summed E-state index contributed by atoms with van der Waals surface area (Å²) in [7, 11) is 1.34. The quantitative estimate of drug-likeness (QED) is 0.317. The Morgan fingerprint density at radius 1 is 1.26 bits per heavy atom. The maximum absolute atomic E-state index is 12.7. The maximum atomic E-state index is 12.7. The van der Waals surface area contributed by atoms with Gasteiger partial charge in [0.1, 0.15) is 17.4 Å². The molecule has 2 N–H and O–H groups in total. The molecule has 1 aliphatic rings. The lowest BCUT2D eigenvalue weighted by Gasteiger charge is -2.13. The Morgan fingerprint density at radius 2 is 2.13 bits per heavy atom. The molecule has 3 heterocycles. The first-order chi connectivity index (χ1) is 15.2. The highest BCUT2D eigenvalue weighted by molar-refractivity contribution is 6.08. The van der Waals surface area contributed by atoms with Crippen molar-refractivity contribution < 1.29 is 23.6 Å². The summed E-state index contributed by atoms with van der Waals surface area (Å²) in [5.41, 5.74) is 5.66. The Balaban J connectivity index is 1.80. The predicted molar refractivity (Wildman–Crippen MR) is 116 cm³/mol. The van der Waals surface area contributed by atoms with E-state index in [1.54, 1.807) is 12.2 Å². The van der Waals surface area contributed by atoms with E-state index in [9.17, 15) is 9.59 Å². The van der Waals surface area contributed by atoms with Crippen LogP contribution in [0.15, 0.2) is 58.4 Å². The Hall–Kier alpha value is -3.54. The summed E-state index contributed by atoms with van der Waals surface area (Å²) in [6.45, 7) is 2.12. The number of aromatic nitrogens is 1. The van der Waals surface area contributed by atoms with Crippen molar-refractivity contribution >= 4 is 28.3 Å². The monoisotopic (exact) mass is 420 g/mol. The van der Waals surface area contributed by atoms with Crippen LogP contribution in [-0.4, -0.2) is 30.0 Å². The number of furan rings is 1. The van der Waals surface area contributed by atoms with E-state index in [2.05, 4.69) is 17.4 Å². The van der Waals surface area contributed by atoms with Gasteiger partial charge in [-0.1, -0.05) is 19.8 Å². The Morgan fingerprint density at radius 3 is 2.84 bits per heavy atom. The van der Waals surface area contributed by atoms with Crippen molar-refractivity contribution in [1.29, 1.82) is 0 Å². The average molecular weight is 420 g/mol. The third kappa shape index (κ3) is 4.06. The molecule has 31 heavy (non-hydrogen) atoms. The van der Waals surface area contributed by atoms with Crippen molar-refractivity contribution in [2.45, 2.75) is 38.7 Å². The topological polar surface area (TPSA) is 93.6 Å². The van der Waals surface area contributed by atoms with Crippen LogP contribution in [-0.2, 0) is 19.2 Å². The van der Waals surface area contributed by atoms with Gasteiger partial charge in [0.2, 0.25) is 5.76 Å². The fourth-order valence-electron chi connectivity index (χ4n) is 3.95. The van der Waals surface area contributed by atoms with E-state index >= 15 is 0 Å². The van der Waals surface area contributed by atoms with Crippen LogP contribution in [0.2, 0.25) is 0 Å². The van der Waals surface area contributed by atoms with E-state index in [0.29, 0.717) is 12.0 Å². The minimum absolute atomic E-state index is 0.0963. The third-order valence-corrected chi connectivity index (χ3v) is 5.38. The molecule has 1 unspecified atom stereocenters. The van der Waals surface area contributed by atoms with Crippen LogP contribution in [0.25, 0.3) is 27.8 Å². The fourth-order valence-corrected chi connectivity index (χ4v) is 3.95. The number of amides is 1. The van der Waals surface area contributed by atoms with Crippen LogP contribution in [0.4, 0.5) is 0 Å². The highest BCUT2D eigenvalue weighted by Gasteiger charge is 2.37. The van der Waals surface area contributed by atoms with Crippen LogP contribution in [0.1, 0.15) is 38.3 Å². The van der Waals surface area contributed by atoms with Gasteiger partial charge in [0.15, 0.2) is 5.94 Å². The third-order valence-electron chi connectivity index (χ3n) is 5.38. The van der Waals surface area contributed by atoms with Crippen LogP contribution in [0.3, 0.4) is 0 Å². The zero-order valence-corrected chi connectivity index (χ0v) is 17.5. The Labute approximate surface area is 179 Å². The molecular formula is C24H24N2O5. The summed E-state index contributed by atoms with van der Waals surface area (Å²) in [5, 5.41) is 0.957. The zero-order chi connectivity index (χ0) is 21.8. The largest absolute Gasteiger partial charge is 0.474 e. The zero-order valence-electron chi connectivity index (χ0n) is 17.5. The van der Waals surface area contributed by atoms with Crippen molar-refractivity contribution in [2.24, 2.45) is 0 Å². The first-order valence-electron chi connectivity index (χ1n) is 10.3. The molecule has 0 radical (unpaired) electrons. The molecule has 1 aromatic carbocycles. The summed E-state index contributed by atoms with van der Waals surface area (Å²) < 4.78 is 11.3. The Kier molecular flexibility index (Phi) is 6.07. The average Bonchev–Trinajstić information content (AvgIpc) is 3.51. The van der Waals surface area contributed by atoms with Gasteiger partial charge in [-0.25, -0.2) is 10.3 Å². The fraction of sp³-hybridized carbons (Fsp3) is 0.292. The molecule has 0 saturated heterocycles. The number of aromatic amines is 1. The van der Waals surface area contributed by atoms with Gasteiger partial charge in [-0.05, 0) is 49.2 Å². The lowest BCUT2D eigenvalue weighted by Crippen LogP contribution is -2.24. The van der Waals surface area contributed by atoms with Crippen LogP contribution < -0.4 is 5.48 Å². The van der Waals surface area contributed by atoms with Crippen molar-refractivity contribution in [1.82, 2.24) is 10.5 Å². The van der Waals surface area contributed by atoms with Crippen molar-refractivity contribution in [3.8, 4) is 11.3 Å². The van der Waals surface area contributed by atoms with Gasteiger partial charge >= 0.3 is 0 Å². The molecule has 0 aliphatic carbocycles. The van der Waals surface area contributed by atoms with E-state index < -0.39 is 12.0 Å². The normalized spacial score (nSPS) is 15.9. The minimum atomic E-state index is -0.538. The van der Waals surface area contributed by atoms with Crippen molar-refractivity contribution in [3.05, 3.63) is 59.7 Å². The van der Waals surface area contributed by atoms with E-state index in [-0.39, 0.29) is 11.3 Å². The van der Waals surface area contributed by atoms with Crippen LogP contribution >= 0.6 is 0 Å². The van der Waals surface area contributed by atoms with Gasteiger partial charge in [-0.15, -0.1) is 0 Å². The predicted octanol–water partition coefficient (Wildman–Crippen LogP) is 4.55. The molecule has 2 aromatic heterocycles. The standard InChI is InChI=1S/C24H24N2O5/c1-3-4-5-7-20-22(23(21(14-27)31-20)24(28)26-29-2)18-13-16-12-15(9-10-17(16)25-18)19-8-6-11-30-19/h6,8-13,20,25H,3-5,7H2,1-2H3,(H,26,28). The van der Waals surface area contributed by atoms with Gasteiger partial charge in [-0.2, -0.15) is 0 Å². The molecule has 0 spiro atoms. The molecule has 7 heteroatoms. The maximum Gasteiger partial charge on any atom is 0.279 e. The number of fused-ring (bicyclic) bond motifs is 1. The molecular weight excluding hydrogens is 396 g/mol. The summed E-state index contributed by atoms with van der Waals surface area (Å²) >= 11 is 0. The summed E-state index contributed by atoms with van der Waals surface area (Å²) in [5.74, 6) is 1.92. The number of hydroxylamine groups is 1. The number of nitrogens with one attached hydrogen (secondary N) is 2. The molecule has 3 aromatic rings. The van der Waals surface area contributed by atoms with Crippen molar-refractivity contribution in [2.75, 3.05) is 7.11 Å². The molecule has 7 nitrogen and oxygen atoms in total. The van der Waals surface area contributed by atoms with Gasteiger partial charge < -0.3 is 14.1 Å². The first-order valence-corrected chi connectivity index (χ1v) is 10.3. The lowest BCUT2D eigenvalue weighted by molar-refractivity contribution is -0.127. The molecule has 1 amide bonds. The number of benzene rings is 1. The molecule has 0 fully saturated rings. The molecule has 1 atom stereocenters. The Bertz CT molecular complexity index is 1170. The van der Waals surface area contributed by atoms with E-state index in [1.807, 2.05) is 36.4 Å². The number of hydrogen-bond donors (Lipinski definition) is 2. The molecule has 4 rings (SSSR count). The summed E-state index contributed by atoms with van der Waals surface area (Å²) in [6, 6.07) is 11.7.